The van der Waals surface area contributed by atoms with Gasteiger partial charge < -0.3 is 10.4 Å². The number of hydrogen-bond acceptors (Lipinski definition) is 2. The van der Waals surface area contributed by atoms with Crippen LogP contribution in [-0.4, -0.2) is 23.7 Å². The van der Waals surface area contributed by atoms with Gasteiger partial charge in [-0.25, -0.2) is 4.39 Å². The number of aliphatic carboxylic acids is 1. The molecule has 1 aromatic carbocycles. The fourth-order valence-electron chi connectivity index (χ4n) is 2.34. The molecule has 1 aliphatic heterocycles. The molecule has 2 N–H and O–H groups in total. The molecule has 1 heterocycles. The van der Waals surface area contributed by atoms with Gasteiger partial charge in [-0.05, 0) is 43.5 Å². The number of carbonyl (C=O) groups is 1. The van der Waals surface area contributed by atoms with Crippen LogP contribution in [0.4, 0.5) is 4.39 Å². The lowest BCUT2D eigenvalue weighted by Gasteiger charge is -2.29. The number of nitrogens with one attached hydrogen (secondary N) is 1. The second-order valence-electron chi connectivity index (χ2n) is 4.48. The van der Waals surface area contributed by atoms with Crippen LogP contribution in [0.25, 0.3) is 0 Å². The van der Waals surface area contributed by atoms with Crippen molar-refractivity contribution in [1.29, 1.82) is 0 Å². The van der Waals surface area contributed by atoms with Crippen molar-refractivity contribution in [3.63, 3.8) is 0 Å². The highest BCUT2D eigenvalue weighted by Crippen LogP contribution is 2.20. The first kappa shape index (κ1) is 12.0. The summed E-state index contributed by atoms with van der Waals surface area (Å²) in [7, 11) is 0. The normalized spacial score (nSPS) is 24.5. The minimum absolute atomic E-state index is 0.0493. The maximum absolute atomic E-state index is 12.8. The molecule has 0 aromatic heterocycles. The fraction of sp³-hybridized carbons (Fsp3) is 0.462. The van der Waals surface area contributed by atoms with Crippen molar-refractivity contribution in [3.05, 3.63) is 35.6 Å². The van der Waals surface area contributed by atoms with Gasteiger partial charge in [-0.3, -0.25) is 4.79 Å². The summed E-state index contributed by atoms with van der Waals surface area (Å²) in [5.74, 6) is -1.35. The van der Waals surface area contributed by atoms with Gasteiger partial charge in [0.05, 0.1) is 5.92 Å². The monoisotopic (exact) mass is 237 g/mol. The predicted octanol–water partition coefficient (Wildman–Crippen LogP) is 1.82. The Morgan fingerprint density at radius 1 is 1.41 bits per heavy atom. The zero-order valence-corrected chi connectivity index (χ0v) is 9.53. The molecular weight excluding hydrogens is 221 g/mol. The Hall–Kier alpha value is -1.42. The van der Waals surface area contributed by atoms with Crippen LogP contribution in [0.2, 0.25) is 0 Å². The van der Waals surface area contributed by atoms with Crippen LogP contribution < -0.4 is 5.32 Å². The lowest BCUT2D eigenvalue weighted by atomic mass is 9.87. The Morgan fingerprint density at radius 2 is 2.12 bits per heavy atom. The fourth-order valence-corrected chi connectivity index (χ4v) is 2.34. The highest BCUT2D eigenvalue weighted by atomic mass is 19.1. The Balaban J connectivity index is 2.05. The van der Waals surface area contributed by atoms with Crippen molar-refractivity contribution < 1.29 is 14.3 Å². The lowest BCUT2D eigenvalue weighted by molar-refractivity contribution is -0.143. The van der Waals surface area contributed by atoms with Gasteiger partial charge in [0.15, 0.2) is 0 Å². The molecule has 0 saturated carbocycles. The molecule has 0 spiro atoms. The van der Waals surface area contributed by atoms with E-state index in [4.69, 9.17) is 5.11 Å². The van der Waals surface area contributed by atoms with Gasteiger partial charge in [-0.15, -0.1) is 0 Å². The number of rotatable bonds is 3. The molecule has 0 aliphatic carbocycles. The van der Waals surface area contributed by atoms with Crippen molar-refractivity contribution in [2.24, 2.45) is 5.92 Å². The van der Waals surface area contributed by atoms with E-state index in [1.165, 1.54) is 12.1 Å². The molecular formula is C13H16FNO2. The molecule has 17 heavy (non-hydrogen) atoms. The Bertz CT molecular complexity index is 391. The molecule has 2 rings (SSSR count). The highest BCUT2D eigenvalue weighted by Gasteiger charge is 2.30. The largest absolute Gasteiger partial charge is 0.481 e. The van der Waals surface area contributed by atoms with Gasteiger partial charge in [0.2, 0.25) is 0 Å². The molecule has 92 valence electrons. The highest BCUT2D eigenvalue weighted by molar-refractivity contribution is 5.71. The van der Waals surface area contributed by atoms with E-state index in [0.717, 1.165) is 18.5 Å². The third-order valence-electron chi connectivity index (χ3n) is 3.27. The molecule has 2 unspecified atom stereocenters. The van der Waals surface area contributed by atoms with Crippen LogP contribution in [0.3, 0.4) is 0 Å². The average molecular weight is 237 g/mol. The number of hydrogen-bond donors (Lipinski definition) is 2. The van der Waals surface area contributed by atoms with E-state index >= 15 is 0 Å². The SMILES string of the molecule is O=C(O)C1CCCNC1Cc1ccc(F)cc1. The topological polar surface area (TPSA) is 49.3 Å². The van der Waals surface area contributed by atoms with Gasteiger partial charge in [0, 0.05) is 6.04 Å². The summed E-state index contributed by atoms with van der Waals surface area (Å²) < 4.78 is 12.8. The number of carboxylic acids is 1. The van der Waals surface area contributed by atoms with Gasteiger partial charge in [0.1, 0.15) is 5.82 Å². The van der Waals surface area contributed by atoms with Gasteiger partial charge in [-0.2, -0.15) is 0 Å². The maximum Gasteiger partial charge on any atom is 0.308 e. The van der Waals surface area contributed by atoms with E-state index in [1.54, 1.807) is 12.1 Å². The second-order valence-corrected chi connectivity index (χ2v) is 4.48. The first-order chi connectivity index (χ1) is 8.16. The third-order valence-corrected chi connectivity index (χ3v) is 3.27. The van der Waals surface area contributed by atoms with Gasteiger partial charge >= 0.3 is 5.97 Å². The Labute approximate surface area is 99.7 Å². The Kier molecular flexibility index (Phi) is 3.74. The number of carboxylic acid groups (broad SMARTS) is 1. The zero-order chi connectivity index (χ0) is 12.3. The first-order valence-electron chi connectivity index (χ1n) is 5.87. The second kappa shape index (κ2) is 5.27. The number of halogens is 1. The van der Waals surface area contributed by atoms with Crippen LogP contribution in [-0.2, 0) is 11.2 Å². The van der Waals surface area contributed by atoms with E-state index in [-0.39, 0.29) is 17.8 Å². The van der Waals surface area contributed by atoms with Crippen LogP contribution in [0.15, 0.2) is 24.3 Å². The van der Waals surface area contributed by atoms with Crippen molar-refractivity contribution in [3.8, 4) is 0 Å². The minimum atomic E-state index is -0.746. The summed E-state index contributed by atoms with van der Waals surface area (Å²) >= 11 is 0. The molecule has 1 aromatic rings. The quantitative estimate of drug-likeness (QED) is 0.843. The molecule has 0 amide bonds. The van der Waals surface area contributed by atoms with Crippen LogP contribution in [0, 0.1) is 11.7 Å². The van der Waals surface area contributed by atoms with Crippen molar-refractivity contribution in [2.45, 2.75) is 25.3 Å². The van der Waals surface area contributed by atoms with Gasteiger partial charge in [0.25, 0.3) is 0 Å². The summed E-state index contributed by atoms with van der Waals surface area (Å²) in [4.78, 5) is 11.1. The number of piperidine rings is 1. The van der Waals surface area contributed by atoms with Crippen LogP contribution >= 0.6 is 0 Å². The molecule has 4 heteroatoms. The molecule has 0 bridgehead atoms. The maximum atomic E-state index is 12.8. The van der Waals surface area contributed by atoms with Gasteiger partial charge in [-0.1, -0.05) is 12.1 Å². The molecule has 0 radical (unpaired) electrons. The van der Waals surface area contributed by atoms with E-state index in [9.17, 15) is 9.18 Å². The summed E-state index contributed by atoms with van der Waals surface area (Å²) in [6, 6.07) is 6.20. The standard InChI is InChI=1S/C13H16FNO2/c14-10-5-3-9(4-6-10)8-12-11(13(16)17)2-1-7-15-12/h3-6,11-12,15H,1-2,7-8H2,(H,16,17). The van der Waals surface area contributed by atoms with Crippen molar-refractivity contribution >= 4 is 5.97 Å². The summed E-state index contributed by atoms with van der Waals surface area (Å²) in [6.45, 7) is 0.857. The smallest absolute Gasteiger partial charge is 0.308 e. The predicted molar refractivity (Wildman–Crippen MR) is 62.3 cm³/mol. The molecule has 3 nitrogen and oxygen atoms in total. The summed E-state index contributed by atoms with van der Waals surface area (Å²) in [5.41, 5.74) is 0.969. The molecule has 1 saturated heterocycles. The van der Waals surface area contributed by atoms with Crippen molar-refractivity contribution in [2.75, 3.05) is 6.54 Å². The minimum Gasteiger partial charge on any atom is -0.481 e. The third kappa shape index (κ3) is 3.03. The summed E-state index contributed by atoms with van der Waals surface area (Å²) in [6.07, 6.45) is 2.25. The average Bonchev–Trinajstić information content (AvgIpc) is 2.32. The van der Waals surface area contributed by atoms with E-state index in [2.05, 4.69) is 5.32 Å². The van der Waals surface area contributed by atoms with E-state index < -0.39 is 5.97 Å². The van der Waals surface area contributed by atoms with Crippen LogP contribution in [0.1, 0.15) is 18.4 Å². The van der Waals surface area contributed by atoms with E-state index in [0.29, 0.717) is 12.8 Å². The summed E-state index contributed by atoms with van der Waals surface area (Å²) in [5, 5.41) is 12.4. The molecule has 1 fully saturated rings. The van der Waals surface area contributed by atoms with E-state index in [1.807, 2.05) is 0 Å². The molecule has 2 atom stereocenters. The first-order valence-corrected chi connectivity index (χ1v) is 5.87. The lowest BCUT2D eigenvalue weighted by Crippen LogP contribution is -2.46. The van der Waals surface area contributed by atoms with Crippen molar-refractivity contribution in [1.82, 2.24) is 5.32 Å². The molecule has 1 aliphatic rings. The van der Waals surface area contributed by atoms with Crippen LogP contribution in [0.5, 0.6) is 0 Å². The Morgan fingerprint density at radius 3 is 2.76 bits per heavy atom. The number of benzene rings is 1. The zero-order valence-electron chi connectivity index (χ0n) is 9.53.